The van der Waals surface area contributed by atoms with E-state index in [1.54, 1.807) is 46.0 Å². The maximum atomic E-state index is 14.2. The van der Waals surface area contributed by atoms with E-state index in [9.17, 15) is 31.2 Å². The van der Waals surface area contributed by atoms with Gasteiger partial charge in [0.25, 0.3) is 11.8 Å². The number of urea groups is 1. The van der Waals surface area contributed by atoms with E-state index in [2.05, 4.69) is 46.0 Å². The van der Waals surface area contributed by atoms with Crippen LogP contribution < -0.4 is 41.6 Å². The molecule has 0 radical (unpaired) electrons. The van der Waals surface area contributed by atoms with E-state index in [1.807, 2.05) is 13.8 Å². The van der Waals surface area contributed by atoms with Crippen LogP contribution in [-0.2, 0) is 29.6 Å². The molecule has 4 unspecified atom stereocenters. The maximum Gasteiger partial charge on any atom is 0.320 e. The Balaban J connectivity index is 0.901. The van der Waals surface area contributed by atoms with Gasteiger partial charge in [-0.25, -0.2) is 32.5 Å². The van der Waals surface area contributed by atoms with E-state index in [0.29, 0.717) is 47.2 Å². The molecule has 2 aromatic carbocycles. The van der Waals surface area contributed by atoms with Gasteiger partial charge in [-0.2, -0.15) is 8.61 Å². The van der Waals surface area contributed by atoms with Gasteiger partial charge in [0.2, 0.25) is 20.0 Å². The second-order valence-corrected chi connectivity index (χ2v) is 20.9. The molecule has 23 heteroatoms. The van der Waals surface area contributed by atoms with Crippen molar-refractivity contribution in [2.45, 2.75) is 87.6 Å². The quantitative estimate of drug-likeness (QED) is 0.155. The molecule has 4 atom stereocenters. The number of carbonyl (C=O) groups is 3. The number of hydrogen-bond donors (Lipinski definition) is 6. The van der Waals surface area contributed by atoms with Crippen LogP contribution in [-0.4, -0.2) is 155 Å². The van der Waals surface area contributed by atoms with Gasteiger partial charge in [0.05, 0.1) is 46.5 Å². The van der Waals surface area contributed by atoms with E-state index < -0.39 is 32.4 Å². The van der Waals surface area contributed by atoms with Gasteiger partial charge < -0.3 is 50.6 Å². The van der Waals surface area contributed by atoms with Crippen LogP contribution in [0.15, 0.2) is 69.0 Å². The van der Waals surface area contributed by atoms with Crippen LogP contribution in [0.5, 0.6) is 11.5 Å². The van der Waals surface area contributed by atoms with Crippen LogP contribution in [0.2, 0.25) is 0 Å². The van der Waals surface area contributed by atoms with Crippen LogP contribution in [0.4, 0.5) is 4.79 Å². The van der Waals surface area contributed by atoms with Crippen molar-refractivity contribution in [1.29, 1.82) is 0 Å². The summed E-state index contributed by atoms with van der Waals surface area (Å²) in [4.78, 5) is 43.8. The molecule has 0 aromatic heterocycles. The van der Waals surface area contributed by atoms with E-state index in [0.717, 1.165) is 37.1 Å². The summed E-state index contributed by atoms with van der Waals surface area (Å²) >= 11 is 0. The molecule has 2 aromatic rings. The molecule has 66 heavy (non-hydrogen) atoms. The fraction of sp³-hybridized carbons (Fsp3) is 0.558. The Kier molecular flexibility index (Phi) is 13.7. The van der Waals surface area contributed by atoms with E-state index >= 15 is 0 Å². The number of nitrogens with one attached hydrogen (secondary N) is 6. The summed E-state index contributed by atoms with van der Waals surface area (Å²) in [5, 5.41) is 16.2. The summed E-state index contributed by atoms with van der Waals surface area (Å²) < 4.78 is 71.1. The minimum Gasteiger partial charge on any atom is -0.493 e. The third-order valence-electron chi connectivity index (χ3n) is 12.8. The average molecular weight is 955 g/mol. The molecule has 6 aliphatic heterocycles. The van der Waals surface area contributed by atoms with E-state index in [-0.39, 0.29) is 92.1 Å². The van der Waals surface area contributed by atoms with Crippen LogP contribution in [0.25, 0.3) is 0 Å². The van der Waals surface area contributed by atoms with Gasteiger partial charge in [-0.15, -0.1) is 0 Å². The Morgan fingerprint density at radius 2 is 0.970 bits per heavy atom. The summed E-state index contributed by atoms with van der Waals surface area (Å²) in [7, 11) is -4.49. The minimum absolute atomic E-state index is 0.0335. The fourth-order valence-electron chi connectivity index (χ4n) is 9.53. The Morgan fingerprint density at radius 3 is 1.32 bits per heavy atom. The Morgan fingerprint density at radius 1 is 0.591 bits per heavy atom. The van der Waals surface area contributed by atoms with Gasteiger partial charge in [-0.1, -0.05) is 26.7 Å². The Bertz CT molecular complexity index is 2340. The average Bonchev–Trinajstić information content (AvgIpc) is 3.80. The number of rotatable bonds is 14. The standard InChI is InChI=1S/C43H62N12O9S2/c1-7-11-31-35-37(50(5)48-31)41(56)46-39(44-35)29-25-27(13-15-33(29)63-9-3)65(59,60)54-21-17-52(18-22-54)43(58)53-19-23-55(24-20-53)66(61,62)28-14-16-34(64-10-4)30(26-28)40-45-36-32(12-8-2)49-51(6)38(36)42(57)47-40/h13-16,25-26,31-32,39-40,44-45,48-49H,7-12,17-24H2,1-6H3,(H,46,56)(H,47,57). The van der Waals surface area contributed by atoms with Crippen molar-refractivity contribution in [3.8, 4) is 11.5 Å². The van der Waals surface area contributed by atoms with Crippen molar-refractivity contribution in [2.75, 3.05) is 79.7 Å². The zero-order valence-corrected chi connectivity index (χ0v) is 40.0. The molecule has 4 amide bonds. The predicted molar refractivity (Wildman–Crippen MR) is 243 cm³/mol. The number of carbonyl (C=O) groups excluding carboxylic acids is 3. The monoisotopic (exact) mass is 954 g/mol. The molecule has 6 heterocycles. The number of benzene rings is 2. The molecule has 0 saturated carbocycles. The number of hydrazine groups is 2. The smallest absolute Gasteiger partial charge is 0.320 e. The van der Waals surface area contributed by atoms with Crippen molar-refractivity contribution in [3.63, 3.8) is 0 Å². The second-order valence-electron chi connectivity index (χ2n) is 17.0. The van der Waals surface area contributed by atoms with Crippen molar-refractivity contribution >= 4 is 37.9 Å². The highest BCUT2D eigenvalue weighted by atomic mass is 32.2. The molecule has 0 bridgehead atoms. The summed E-state index contributed by atoms with van der Waals surface area (Å²) in [6, 6.07) is 8.78. The first kappa shape index (κ1) is 47.2. The van der Waals surface area contributed by atoms with Crippen LogP contribution in [0.1, 0.15) is 76.8 Å². The SMILES string of the molecule is CCCC1NN(C)C2=C1NC(c1cc(S(=O)(=O)N3CCN(C(=O)N4CCN(S(=O)(=O)c5ccc(OCC)c(C6NC(=O)C7=C(N6)C(CCC)NN7C)c5)CC4)CC3)ccc1OCC)NC2=O. The van der Waals surface area contributed by atoms with Crippen LogP contribution in [0.3, 0.4) is 0 Å². The van der Waals surface area contributed by atoms with E-state index in [1.165, 1.54) is 32.9 Å². The molecular formula is C43H62N12O9S2. The molecule has 6 N–H and O–H groups in total. The first-order valence-corrected chi connectivity index (χ1v) is 25.7. The van der Waals surface area contributed by atoms with Crippen molar-refractivity contribution in [1.82, 2.24) is 60.5 Å². The Hall–Kier alpha value is -5.33. The number of sulfonamides is 2. The first-order valence-electron chi connectivity index (χ1n) is 22.8. The van der Waals surface area contributed by atoms with Gasteiger partial charge in [-0.05, 0) is 63.1 Å². The molecular weight excluding hydrogens is 893 g/mol. The Labute approximate surface area is 386 Å². The second kappa shape index (κ2) is 19.1. The van der Waals surface area contributed by atoms with Crippen molar-refractivity contribution in [3.05, 3.63) is 70.3 Å². The molecule has 360 valence electrons. The largest absolute Gasteiger partial charge is 0.493 e. The molecule has 0 aliphatic carbocycles. The summed E-state index contributed by atoms with van der Waals surface area (Å²) in [5.74, 6) is 0.299. The van der Waals surface area contributed by atoms with Gasteiger partial charge in [-0.3, -0.25) is 9.59 Å². The van der Waals surface area contributed by atoms with Crippen LogP contribution >= 0.6 is 0 Å². The number of nitrogens with zero attached hydrogens (tertiary/aromatic N) is 6. The molecule has 2 fully saturated rings. The van der Waals surface area contributed by atoms with Gasteiger partial charge in [0, 0.05) is 77.6 Å². The van der Waals surface area contributed by atoms with Gasteiger partial charge in [0.15, 0.2) is 0 Å². The van der Waals surface area contributed by atoms with Crippen LogP contribution in [0, 0.1) is 0 Å². The molecule has 2 saturated heterocycles. The van der Waals surface area contributed by atoms with Crippen molar-refractivity contribution in [2.24, 2.45) is 0 Å². The lowest BCUT2D eigenvalue weighted by molar-refractivity contribution is -0.121. The lowest BCUT2D eigenvalue weighted by atomic mass is 10.0. The predicted octanol–water partition coefficient (Wildman–Crippen LogP) is 1.01. The van der Waals surface area contributed by atoms with Gasteiger partial charge in [0.1, 0.15) is 35.2 Å². The molecule has 8 rings (SSSR count). The lowest BCUT2D eigenvalue weighted by Crippen LogP contribution is -2.57. The number of ether oxygens (including phenoxy) is 2. The third-order valence-corrected chi connectivity index (χ3v) is 16.6. The summed E-state index contributed by atoms with van der Waals surface area (Å²) in [5.41, 5.74) is 10.0. The highest BCUT2D eigenvalue weighted by molar-refractivity contribution is 7.89. The molecule has 0 spiro atoms. The molecule has 21 nitrogen and oxygen atoms in total. The number of likely N-dealkylation sites (N-methyl/N-ethyl adjacent to an activating group) is 2. The highest BCUT2D eigenvalue weighted by Crippen LogP contribution is 2.36. The minimum atomic E-state index is -4.03. The first-order chi connectivity index (χ1) is 31.6. The van der Waals surface area contributed by atoms with E-state index in [4.69, 9.17) is 9.47 Å². The third kappa shape index (κ3) is 8.83. The summed E-state index contributed by atoms with van der Waals surface area (Å²) in [6.45, 7) is 9.23. The number of hydrogen-bond acceptors (Lipinski definition) is 15. The number of amides is 4. The number of piperazine rings is 2. The van der Waals surface area contributed by atoms with Crippen molar-refractivity contribution < 1.29 is 40.7 Å². The maximum absolute atomic E-state index is 14.2. The lowest BCUT2D eigenvalue weighted by Gasteiger charge is -2.40. The topological polar surface area (TPSA) is 230 Å². The zero-order chi connectivity index (χ0) is 47.1. The normalized spacial score (nSPS) is 24.2. The zero-order valence-electron chi connectivity index (χ0n) is 38.3. The fourth-order valence-corrected chi connectivity index (χ4v) is 12.4. The molecule has 6 aliphatic rings. The van der Waals surface area contributed by atoms with Gasteiger partial charge >= 0.3 is 6.03 Å². The highest BCUT2D eigenvalue weighted by Gasteiger charge is 2.42. The summed E-state index contributed by atoms with van der Waals surface area (Å²) in [6.07, 6.45) is 1.87.